The number of hydrogen-bond donors (Lipinski definition) is 0. The number of nitriles is 1. The predicted octanol–water partition coefficient (Wildman–Crippen LogP) is 3.19. The summed E-state index contributed by atoms with van der Waals surface area (Å²) in [5.74, 6) is 2.91. The van der Waals surface area contributed by atoms with E-state index in [-0.39, 0.29) is 11.3 Å². The third kappa shape index (κ3) is 3.07. The van der Waals surface area contributed by atoms with Gasteiger partial charge in [-0.05, 0) is 63.1 Å². The van der Waals surface area contributed by atoms with Crippen molar-refractivity contribution in [3.63, 3.8) is 0 Å². The van der Waals surface area contributed by atoms with E-state index in [2.05, 4.69) is 26.9 Å². The van der Waals surface area contributed by atoms with E-state index >= 15 is 0 Å². The zero-order chi connectivity index (χ0) is 20.1. The van der Waals surface area contributed by atoms with E-state index in [9.17, 15) is 5.26 Å². The van der Waals surface area contributed by atoms with Crippen molar-refractivity contribution in [3.8, 4) is 17.5 Å². The molecule has 0 aromatic carbocycles. The fourth-order valence-corrected chi connectivity index (χ4v) is 5.69. The number of piperidine rings is 1. The Kier molecular flexibility index (Phi) is 4.28. The number of nitrogens with zero attached hydrogens (tertiary/aromatic N) is 6. The highest BCUT2D eigenvalue weighted by Gasteiger charge is 2.46. The highest BCUT2D eigenvalue weighted by molar-refractivity contribution is 5.63. The van der Waals surface area contributed by atoms with Gasteiger partial charge in [0.2, 0.25) is 0 Å². The van der Waals surface area contributed by atoms with Crippen LogP contribution in [0.1, 0.15) is 43.4 Å². The van der Waals surface area contributed by atoms with Crippen LogP contribution < -0.4 is 4.90 Å². The van der Waals surface area contributed by atoms with Gasteiger partial charge in [-0.15, -0.1) is 0 Å². The van der Waals surface area contributed by atoms with Crippen LogP contribution in [0, 0.1) is 23.2 Å². The number of pyridine rings is 1. The van der Waals surface area contributed by atoms with Crippen molar-refractivity contribution in [2.45, 2.75) is 43.9 Å². The van der Waals surface area contributed by atoms with Crippen molar-refractivity contribution in [2.24, 2.45) is 11.8 Å². The average Bonchev–Trinajstić information content (AvgIpc) is 3.50. The maximum absolute atomic E-state index is 9.26. The largest absolute Gasteiger partial charge is 0.353 e. The predicted molar refractivity (Wildman–Crippen MR) is 115 cm³/mol. The van der Waals surface area contributed by atoms with Crippen LogP contribution in [0.5, 0.6) is 0 Å². The Morgan fingerprint density at radius 1 is 1.20 bits per heavy atom. The Hall–Kier alpha value is -2.52. The molecule has 30 heavy (non-hydrogen) atoms. The molecule has 2 aromatic heterocycles. The highest BCUT2D eigenvalue weighted by Crippen LogP contribution is 2.48. The first kappa shape index (κ1) is 18.3. The lowest BCUT2D eigenvalue weighted by molar-refractivity contribution is 0.138. The van der Waals surface area contributed by atoms with E-state index in [0.29, 0.717) is 0 Å². The number of fused-ring (bicyclic) bond motifs is 2. The SMILES string of the molecule is N#CC1CN(c2nc(-c3cccnc3)nc3c2CCC32CCCN(CC3CC3)C2)C1. The standard InChI is InChI=1S/C24H28N6/c25-11-18-14-30(15-18)23-20-6-8-24(7-2-10-29(16-24)13-17-4-5-17)21(20)27-22(28-23)19-3-1-9-26-12-19/h1,3,9,12,17-18H,2,4-8,10,13-16H2. The second kappa shape index (κ2) is 7.02. The van der Waals surface area contributed by atoms with Crippen molar-refractivity contribution in [1.29, 1.82) is 5.26 Å². The van der Waals surface area contributed by atoms with Crippen LogP contribution in [0.25, 0.3) is 11.4 Å². The Balaban J connectivity index is 1.40. The Bertz CT molecular complexity index is 989. The molecule has 1 saturated carbocycles. The molecule has 0 amide bonds. The van der Waals surface area contributed by atoms with E-state index in [1.165, 1.54) is 56.5 Å². The molecule has 1 atom stereocenters. The molecule has 4 aliphatic rings. The van der Waals surface area contributed by atoms with Crippen LogP contribution >= 0.6 is 0 Å². The zero-order valence-corrected chi connectivity index (χ0v) is 17.4. The molecule has 154 valence electrons. The summed E-state index contributed by atoms with van der Waals surface area (Å²) in [6.45, 7) is 5.21. The molecular weight excluding hydrogens is 372 g/mol. The number of hydrogen-bond acceptors (Lipinski definition) is 6. The van der Waals surface area contributed by atoms with Gasteiger partial charge in [-0.1, -0.05) is 0 Å². The number of anilines is 1. The number of aromatic nitrogens is 3. The molecule has 2 aliphatic carbocycles. The molecule has 3 fully saturated rings. The van der Waals surface area contributed by atoms with Crippen LogP contribution in [0.15, 0.2) is 24.5 Å². The maximum atomic E-state index is 9.26. The van der Waals surface area contributed by atoms with Crippen LogP contribution in [0.2, 0.25) is 0 Å². The second-order valence-electron chi connectivity index (χ2n) is 9.73. The van der Waals surface area contributed by atoms with Gasteiger partial charge in [0.05, 0.1) is 17.7 Å². The molecule has 2 aromatic rings. The molecule has 2 aliphatic heterocycles. The van der Waals surface area contributed by atoms with E-state index < -0.39 is 0 Å². The van der Waals surface area contributed by atoms with Crippen molar-refractivity contribution < 1.29 is 0 Å². The van der Waals surface area contributed by atoms with Gasteiger partial charge in [0.25, 0.3) is 0 Å². The van der Waals surface area contributed by atoms with Gasteiger partial charge < -0.3 is 9.80 Å². The van der Waals surface area contributed by atoms with Gasteiger partial charge in [-0.3, -0.25) is 4.98 Å². The molecule has 1 unspecified atom stereocenters. The monoisotopic (exact) mass is 400 g/mol. The third-order valence-corrected chi connectivity index (χ3v) is 7.49. The lowest BCUT2D eigenvalue weighted by atomic mass is 9.77. The molecule has 6 rings (SSSR count). The lowest BCUT2D eigenvalue weighted by Gasteiger charge is -2.41. The van der Waals surface area contributed by atoms with E-state index in [1.807, 2.05) is 12.3 Å². The molecule has 0 radical (unpaired) electrons. The third-order valence-electron chi connectivity index (χ3n) is 7.49. The summed E-state index contributed by atoms with van der Waals surface area (Å²) in [5, 5.41) is 9.26. The summed E-state index contributed by atoms with van der Waals surface area (Å²) in [4.78, 5) is 19.5. The van der Waals surface area contributed by atoms with Crippen molar-refractivity contribution in [1.82, 2.24) is 19.9 Å². The van der Waals surface area contributed by atoms with Crippen LogP contribution in [-0.4, -0.2) is 52.6 Å². The van der Waals surface area contributed by atoms with Gasteiger partial charge in [-0.25, -0.2) is 9.97 Å². The summed E-state index contributed by atoms with van der Waals surface area (Å²) < 4.78 is 0. The molecule has 2 saturated heterocycles. The number of rotatable bonds is 4. The number of likely N-dealkylation sites (tertiary alicyclic amines) is 1. The van der Waals surface area contributed by atoms with Crippen molar-refractivity contribution in [3.05, 3.63) is 35.8 Å². The molecular formula is C24H28N6. The van der Waals surface area contributed by atoms with Crippen LogP contribution in [0.4, 0.5) is 5.82 Å². The smallest absolute Gasteiger partial charge is 0.163 e. The molecule has 0 bridgehead atoms. The molecule has 6 heteroatoms. The topological polar surface area (TPSA) is 68.9 Å². The van der Waals surface area contributed by atoms with Crippen LogP contribution in [-0.2, 0) is 11.8 Å². The highest BCUT2D eigenvalue weighted by atomic mass is 15.3. The van der Waals surface area contributed by atoms with Gasteiger partial charge in [0, 0.05) is 55.1 Å². The summed E-state index contributed by atoms with van der Waals surface area (Å²) in [6, 6.07) is 6.40. The van der Waals surface area contributed by atoms with Crippen molar-refractivity contribution in [2.75, 3.05) is 37.6 Å². The Morgan fingerprint density at radius 3 is 2.87 bits per heavy atom. The molecule has 1 spiro atoms. The lowest BCUT2D eigenvalue weighted by Crippen LogP contribution is -2.47. The zero-order valence-electron chi connectivity index (χ0n) is 17.4. The van der Waals surface area contributed by atoms with Crippen molar-refractivity contribution >= 4 is 5.82 Å². The Labute approximate surface area is 178 Å². The summed E-state index contributed by atoms with van der Waals surface area (Å²) in [6.07, 6.45) is 11.2. The molecule has 4 heterocycles. The Morgan fingerprint density at radius 2 is 2.10 bits per heavy atom. The van der Waals surface area contributed by atoms with E-state index in [0.717, 1.165) is 49.2 Å². The first-order chi connectivity index (χ1) is 14.7. The van der Waals surface area contributed by atoms with Gasteiger partial charge in [-0.2, -0.15) is 5.26 Å². The fourth-order valence-electron chi connectivity index (χ4n) is 5.69. The van der Waals surface area contributed by atoms with Gasteiger partial charge >= 0.3 is 0 Å². The minimum Gasteiger partial charge on any atom is -0.353 e. The van der Waals surface area contributed by atoms with Gasteiger partial charge in [0.15, 0.2) is 5.82 Å². The second-order valence-corrected chi connectivity index (χ2v) is 9.73. The fraction of sp³-hybridized carbons (Fsp3) is 0.583. The summed E-state index contributed by atoms with van der Waals surface area (Å²) in [7, 11) is 0. The first-order valence-electron chi connectivity index (χ1n) is 11.4. The average molecular weight is 401 g/mol. The summed E-state index contributed by atoms with van der Waals surface area (Å²) >= 11 is 0. The quantitative estimate of drug-likeness (QED) is 0.785. The van der Waals surface area contributed by atoms with E-state index in [1.54, 1.807) is 6.20 Å². The normalized spacial score (nSPS) is 26.4. The minimum absolute atomic E-state index is 0.122. The minimum atomic E-state index is 0.122. The molecule has 6 nitrogen and oxygen atoms in total. The van der Waals surface area contributed by atoms with Gasteiger partial charge in [0.1, 0.15) is 5.82 Å². The molecule has 0 N–H and O–H groups in total. The first-order valence-corrected chi connectivity index (χ1v) is 11.4. The maximum Gasteiger partial charge on any atom is 0.163 e. The van der Waals surface area contributed by atoms with E-state index in [4.69, 9.17) is 9.97 Å². The summed E-state index contributed by atoms with van der Waals surface area (Å²) in [5.41, 5.74) is 3.77. The van der Waals surface area contributed by atoms with Crippen LogP contribution in [0.3, 0.4) is 0 Å².